The lowest BCUT2D eigenvalue weighted by molar-refractivity contribution is -0.170. The molecule has 0 heterocycles. The quantitative estimate of drug-likeness (QED) is 0.300. The molecule has 1 aromatic carbocycles. The first-order chi connectivity index (χ1) is 8.56. The molecule has 0 aliphatic heterocycles. The van der Waals surface area contributed by atoms with Crippen LogP contribution in [0.1, 0.15) is 0 Å². The van der Waals surface area contributed by atoms with Crippen LogP contribution in [-0.4, -0.2) is 40.8 Å². The summed E-state index contributed by atoms with van der Waals surface area (Å²) in [6.07, 6.45) is -4.33. The number of carbonyl (C=O) groups is 3. The first-order valence-electron chi connectivity index (χ1n) is 4.83. The summed E-state index contributed by atoms with van der Waals surface area (Å²) in [5, 5.41) is 18.5. The second-order valence-electron chi connectivity index (χ2n) is 3.16. The van der Waals surface area contributed by atoms with Crippen LogP contribution in [0, 0.1) is 0 Å². The van der Waals surface area contributed by atoms with Crippen LogP contribution in [0.15, 0.2) is 30.3 Å². The summed E-state index contributed by atoms with van der Waals surface area (Å²) in [4.78, 5) is 32.1. The van der Waals surface area contributed by atoms with Crippen molar-refractivity contribution in [2.24, 2.45) is 0 Å². The van der Waals surface area contributed by atoms with Gasteiger partial charge in [0.2, 0.25) is 0 Å². The molecule has 0 aromatic heterocycles. The third kappa shape index (κ3) is 3.65. The number of benzene rings is 1. The van der Waals surface area contributed by atoms with Gasteiger partial charge in [-0.2, -0.15) is 0 Å². The molecule has 0 aliphatic rings. The number of aliphatic hydroxyl groups excluding tert-OH is 2. The van der Waals surface area contributed by atoms with Crippen LogP contribution < -0.4 is 4.74 Å². The fourth-order valence-corrected chi connectivity index (χ4v) is 1.04. The van der Waals surface area contributed by atoms with Crippen molar-refractivity contribution >= 4 is 18.4 Å². The summed E-state index contributed by atoms with van der Waals surface area (Å²) < 4.78 is 8.47. The van der Waals surface area contributed by atoms with Crippen LogP contribution in [0.4, 0.5) is 0 Å². The highest BCUT2D eigenvalue weighted by Gasteiger charge is 2.33. The maximum atomic E-state index is 11.3. The maximum absolute atomic E-state index is 11.3. The number of hydrogen-bond donors (Lipinski definition) is 2. The minimum absolute atomic E-state index is 0.137. The van der Waals surface area contributed by atoms with Crippen LogP contribution >= 0.6 is 0 Å². The zero-order valence-electron chi connectivity index (χ0n) is 9.05. The van der Waals surface area contributed by atoms with Crippen molar-refractivity contribution < 1.29 is 34.1 Å². The molecular weight excluding hydrogens is 244 g/mol. The lowest BCUT2D eigenvalue weighted by atomic mass is 10.2. The lowest BCUT2D eigenvalue weighted by Gasteiger charge is -2.13. The molecule has 96 valence electrons. The number of esters is 2. The molecule has 0 radical (unpaired) electrons. The monoisotopic (exact) mass is 254 g/mol. The molecular formula is C11H10O7. The van der Waals surface area contributed by atoms with Crippen LogP contribution in [0.2, 0.25) is 0 Å². The Labute approximate surface area is 102 Å². The van der Waals surface area contributed by atoms with Gasteiger partial charge in [0.1, 0.15) is 5.75 Å². The first-order valence-corrected chi connectivity index (χ1v) is 4.83. The molecule has 0 saturated carbocycles. The van der Waals surface area contributed by atoms with Gasteiger partial charge in [-0.05, 0) is 12.1 Å². The Bertz CT molecular complexity index is 428. The number of carbonyl (C=O) groups excluding carboxylic acids is 3. The van der Waals surface area contributed by atoms with Gasteiger partial charge in [0.05, 0.1) is 0 Å². The average molecular weight is 254 g/mol. The molecule has 18 heavy (non-hydrogen) atoms. The lowest BCUT2D eigenvalue weighted by Crippen LogP contribution is -2.42. The minimum Gasteiger partial charge on any atom is -0.425 e. The second-order valence-corrected chi connectivity index (χ2v) is 3.16. The fraction of sp³-hybridized carbons (Fsp3) is 0.182. The zero-order valence-corrected chi connectivity index (χ0v) is 9.05. The van der Waals surface area contributed by atoms with Gasteiger partial charge >= 0.3 is 18.4 Å². The molecule has 0 fully saturated rings. The molecule has 7 heteroatoms. The summed E-state index contributed by atoms with van der Waals surface area (Å²) in [6, 6.07) is 7.75. The van der Waals surface area contributed by atoms with E-state index < -0.39 is 24.1 Å². The highest BCUT2D eigenvalue weighted by Crippen LogP contribution is 2.10. The molecule has 0 spiro atoms. The van der Waals surface area contributed by atoms with E-state index in [9.17, 15) is 24.6 Å². The van der Waals surface area contributed by atoms with Crippen molar-refractivity contribution in [2.75, 3.05) is 0 Å². The number of ether oxygens (including phenoxy) is 2. The van der Waals surface area contributed by atoms with E-state index in [2.05, 4.69) is 9.47 Å². The van der Waals surface area contributed by atoms with Crippen LogP contribution in [0.5, 0.6) is 5.75 Å². The third-order valence-corrected chi connectivity index (χ3v) is 1.91. The smallest absolute Gasteiger partial charge is 0.345 e. The van der Waals surface area contributed by atoms with Crippen LogP contribution in [0.25, 0.3) is 0 Å². The molecule has 2 N–H and O–H groups in total. The Hall–Kier alpha value is -2.25. The number of hydrogen-bond acceptors (Lipinski definition) is 7. The predicted molar refractivity (Wildman–Crippen MR) is 56.2 cm³/mol. The fourth-order valence-electron chi connectivity index (χ4n) is 1.04. The molecule has 2 unspecified atom stereocenters. The Balaban J connectivity index is 2.61. The van der Waals surface area contributed by atoms with Gasteiger partial charge in [0, 0.05) is 0 Å². The van der Waals surface area contributed by atoms with Crippen molar-refractivity contribution in [3.63, 3.8) is 0 Å². The minimum atomic E-state index is -2.19. The summed E-state index contributed by atoms with van der Waals surface area (Å²) in [6.45, 7) is -0.221. The van der Waals surface area contributed by atoms with Crippen LogP contribution in [0.3, 0.4) is 0 Å². The van der Waals surface area contributed by atoms with Gasteiger partial charge in [-0.15, -0.1) is 0 Å². The Morgan fingerprint density at radius 2 is 1.61 bits per heavy atom. The summed E-state index contributed by atoms with van der Waals surface area (Å²) in [7, 11) is 0. The van der Waals surface area contributed by atoms with Gasteiger partial charge in [0.15, 0.2) is 12.2 Å². The summed E-state index contributed by atoms with van der Waals surface area (Å²) in [5.41, 5.74) is 0. The van der Waals surface area contributed by atoms with E-state index in [0.29, 0.717) is 0 Å². The molecule has 0 aliphatic carbocycles. The Kier molecular flexibility index (Phi) is 4.97. The number of aliphatic hydroxyl groups is 2. The summed E-state index contributed by atoms with van der Waals surface area (Å²) >= 11 is 0. The topological polar surface area (TPSA) is 110 Å². The predicted octanol–water partition coefficient (Wildman–Crippen LogP) is -0.987. The normalized spacial score (nSPS) is 13.2. The van der Waals surface area contributed by atoms with Gasteiger partial charge < -0.3 is 19.7 Å². The molecule has 1 rings (SSSR count). The molecule has 1 aromatic rings. The van der Waals surface area contributed by atoms with Gasteiger partial charge in [0.25, 0.3) is 0 Å². The van der Waals surface area contributed by atoms with Crippen molar-refractivity contribution in [1.29, 1.82) is 0 Å². The van der Waals surface area contributed by atoms with Crippen molar-refractivity contribution in [2.45, 2.75) is 12.2 Å². The molecule has 0 bridgehead atoms. The Morgan fingerprint density at radius 1 is 1.06 bits per heavy atom. The van der Waals surface area contributed by atoms with E-state index in [-0.39, 0.29) is 12.2 Å². The largest absolute Gasteiger partial charge is 0.425 e. The van der Waals surface area contributed by atoms with E-state index >= 15 is 0 Å². The maximum Gasteiger partial charge on any atom is 0.345 e. The number of rotatable bonds is 5. The van der Waals surface area contributed by atoms with Gasteiger partial charge in [-0.1, -0.05) is 18.2 Å². The highest BCUT2D eigenvalue weighted by atomic mass is 16.6. The van der Waals surface area contributed by atoms with Gasteiger partial charge in [-0.25, -0.2) is 9.59 Å². The van der Waals surface area contributed by atoms with Crippen molar-refractivity contribution in [1.82, 2.24) is 0 Å². The molecule has 0 saturated heterocycles. The first kappa shape index (κ1) is 13.8. The molecule has 2 atom stereocenters. The third-order valence-electron chi connectivity index (χ3n) is 1.91. The van der Waals surface area contributed by atoms with E-state index in [4.69, 9.17) is 0 Å². The number of para-hydroxylation sites is 1. The molecule has 0 amide bonds. The standard InChI is InChI=1S/C11H10O7/c12-6-17-10(15)8(13)9(14)11(16)18-7-4-2-1-3-5-7/h1-6,8-9,13-14H. The average Bonchev–Trinajstić information content (AvgIpc) is 2.38. The Morgan fingerprint density at radius 3 is 2.17 bits per heavy atom. The van der Waals surface area contributed by atoms with E-state index in [1.165, 1.54) is 12.1 Å². The molecule has 7 nitrogen and oxygen atoms in total. The van der Waals surface area contributed by atoms with E-state index in [1.807, 2.05) is 0 Å². The van der Waals surface area contributed by atoms with Crippen molar-refractivity contribution in [3.05, 3.63) is 30.3 Å². The van der Waals surface area contributed by atoms with Crippen molar-refractivity contribution in [3.8, 4) is 5.75 Å². The van der Waals surface area contributed by atoms with Gasteiger partial charge in [-0.3, -0.25) is 4.79 Å². The SMILES string of the molecule is O=COC(=O)C(O)C(O)C(=O)Oc1ccccc1. The van der Waals surface area contributed by atoms with E-state index in [1.54, 1.807) is 18.2 Å². The van der Waals surface area contributed by atoms with E-state index in [0.717, 1.165) is 0 Å². The van der Waals surface area contributed by atoms with Crippen LogP contribution in [-0.2, 0) is 19.1 Å². The second kappa shape index (κ2) is 6.48. The summed E-state index contributed by atoms with van der Waals surface area (Å²) in [5.74, 6) is -2.54. The zero-order chi connectivity index (χ0) is 13.5. The highest BCUT2D eigenvalue weighted by molar-refractivity contribution is 5.88.